The SMILES string of the molecule is COc1cc(CC(=O)N2CCC(c3ccnn3C)CC2)ccn1. The third-order valence-electron chi connectivity index (χ3n) is 4.49. The van der Waals surface area contributed by atoms with E-state index in [9.17, 15) is 4.79 Å². The molecule has 1 aliphatic heterocycles. The number of methoxy groups -OCH3 is 1. The molecule has 0 radical (unpaired) electrons. The van der Waals surface area contributed by atoms with Gasteiger partial charge in [0.1, 0.15) is 0 Å². The maximum absolute atomic E-state index is 12.5. The number of carbonyl (C=O) groups is 1. The van der Waals surface area contributed by atoms with E-state index >= 15 is 0 Å². The van der Waals surface area contributed by atoms with E-state index in [0.29, 0.717) is 18.2 Å². The second kappa shape index (κ2) is 6.81. The van der Waals surface area contributed by atoms with Crippen LogP contribution >= 0.6 is 0 Å². The molecule has 122 valence electrons. The fourth-order valence-corrected chi connectivity index (χ4v) is 3.17. The summed E-state index contributed by atoms with van der Waals surface area (Å²) in [5, 5.41) is 4.24. The van der Waals surface area contributed by atoms with Gasteiger partial charge in [0.15, 0.2) is 0 Å². The molecule has 0 saturated carbocycles. The first-order valence-electron chi connectivity index (χ1n) is 7.92. The number of carbonyl (C=O) groups excluding carboxylic acids is 1. The monoisotopic (exact) mass is 314 g/mol. The first-order valence-corrected chi connectivity index (χ1v) is 7.92. The Hall–Kier alpha value is -2.37. The topological polar surface area (TPSA) is 60.2 Å². The summed E-state index contributed by atoms with van der Waals surface area (Å²) in [6.07, 6.45) is 5.89. The van der Waals surface area contributed by atoms with E-state index in [4.69, 9.17) is 4.74 Å². The van der Waals surface area contributed by atoms with Gasteiger partial charge in [0.2, 0.25) is 11.8 Å². The van der Waals surface area contributed by atoms with Crippen LogP contribution in [0.3, 0.4) is 0 Å². The Balaban J connectivity index is 1.57. The van der Waals surface area contributed by atoms with Gasteiger partial charge in [-0.3, -0.25) is 9.48 Å². The molecule has 1 saturated heterocycles. The molecule has 23 heavy (non-hydrogen) atoms. The van der Waals surface area contributed by atoms with Crippen molar-refractivity contribution in [1.29, 1.82) is 0 Å². The molecule has 2 aromatic rings. The average Bonchev–Trinajstić information content (AvgIpc) is 3.01. The highest BCUT2D eigenvalue weighted by molar-refractivity contribution is 5.78. The van der Waals surface area contributed by atoms with Gasteiger partial charge in [0.25, 0.3) is 0 Å². The number of likely N-dealkylation sites (tertiary alicyclic amines) is 1. The molecule has 0 N–H and O–H groups in total. The van der Waals surface area contributed by atoms with Crippen LogP contribution in [-0.4, -0.2) is 45.8 Å². The molecule has 0 bridgehead atoms. The minimum absolute atomic E-state index is 0.168. The normalized spacial score (nSPS) is 15.7. The Morgan fingerprint density at radius 3 is 2.74 bits per heavy atom. The van der Waals surface area contributed by atoms with Crippen LogP contribution < -0.4 is 4.74 Å². The Morgan fingerprint density at radius 1 is 1.30 bits per heavy atom. The Morgan fingerprint density at radius 2 is 2.09 bits per heavy atom. The number of hydrogen-bond acceptors (Lipinski definition) is 4. The quantitative estimate of drug-likeness (QED) is 0.863. The van der Waals surface area contributed by atoms with E-state index in [1.807, 2.05) is 35.0 Å². The summed E-state index contributed by atoms with van der Waals surface area (Å²) < 4.78 is 7.04. The molecular weight excluding hydrogens is 292 g/mol. The first-order chi connectivity index (χ1) is 11.2. The Kier molecular flexibility index (Phi) is 4.60. The van der Waals surface area contributed by atoms with Crippen molar-refractivity contribution in [2.24, 2.45) is 7.05 Å². The van der Waals surface area contributed by atoms with Gasteiger partial charge >= 0.3 is 0 Å². The van der Waals surface area contributed by atoms with Gasteiger partial charge < -0.3 is 9.64 Å². The maximum atomic E-state index is 12.5. The zero-order valence-electron chi connectivity index (χ0n) is 13.6. The smallest absolute Gasteiger partial charge is 0.226 e. The third kappa shape index (κ3) is 3.52. The van der Waals surface area contributed by atoms with Crippen LogP contribution in [0.5, 0.6) is 5.88 Å². The van der Waals surface area contributed by atoms with Gasteiger partial charge in [-0.05, 0) is 30.5 Å². The van der Waals surface area contributed by atoms with Crippen LogP contribution in [0, 0.1) is 0 Å². The molecule has 3 rings (SSSR count). The lowest BCUT2D eigenvalue weighted by Crippen LogP contribution is -2.39. The van der Waals surface area contributed by atoms with Gasteiger partial charge in [0, 0.05) is 50.2 Å². The zero-order chi connectivity index (χ0) is 16.2. The summed E-state index contributed by atoms with van der Waals surface area (Å²) in [5.74, 6) is 1.21. The molecule has 0 aromatic carbocycles. The van der Waals surface area contributed by atoms with Crippen molar-refractivity contribution in [1.82, 2.24) is 19.7 Å². The van der Waals surface area contributed by atoms with E-state index < -0.39 is 0 Å². The maximum Gasteiger partial charge on any atom is 0.226 e. The third-order valence-corrected chi connectivity index (χ3v) is 4.49. The summed E-state index contributed by atoms with van der Waals surface area (Å²) in [4.78, 5) is 18.5. The van der Waals surface area contributed by atoms with Crippen molar-refractivity contribution in [3.63, 3.8) is 0 Å². The highest BCUT2D eigenvalue weighted by atomic mass is 16.5. The molecule has 2 aromatic heterocycles. The van der Waals surface area contributed by atoms with Crippen LogP contribution in [0.1, 0.15) is 30.0 Å². The van der Waals surface area contributed by atoms with Crippen molar-refractivity contribution in [3.05, 3.63) is 41.9 Å². The van der Waals surface area contributed by atoms with Crippen molar-refractivity contribution < 1.29 is 9.53 Å². The number of aromatic nitrogens is 3. The summed E-state index contributed by atoms with van der Waals surface area (Å²) in [6.45, 7) is 1.60. The first kappa shape index (κ1) is 15.5. The molecule has 0 aliphatic carbocycles. The Bertz CT molecular complexity index is 675. The molecule has 3 heterocycles. The molecule has 1 aliphatic rings. The van der Waals surface area contributed by atoms with Crippen molar-refractivity contribution in [2.75, 3.05) is 20.2 Å². The van der Waals surface area contributed by atoms with E-state index in [1.165, 1.54) is 5.69 Å². The largest absolute Gasteiger partial charge is 0.481 e. The van der Waals surface area contributed by atoms with Gasteiger partial charge in [-0.1, -0.05) is 0 Å². The number of rotatable bonds is 4. The second-order valence-corrected chi connectivity index (χ2v) is 5.92. The molecule has 0 spiro atoms. The van der Waals surface area contributed by atoms with E-state index in [0.717, 1.165) is 31.5 Å². The number of ether oxygens (including phenoxy) is 1. The van der Waals surface area contributed by atoms with Gasteiger partial charge in [0.05, 0.1) is 13.5 Å². The predicted octanol–water partition coefficient (Wildman–Crippen LogP) is 1.77. The molecule has 1 fully saturated rings. The summed E-state index contributed by atoms with van der Waals surface area (Å²) in [6, 6.07) is 5.76. The molecule has 6 nitrogen and oxygen atoms in total. The van der Waals surface area contributed by atoms with Crippen molar-refractivity contribution in [3.8, 4) is 5.88 Å². The number of amides is 1. The number of piperidine rings is 1. The average molecular weight is 314 g/mol. The van der Waals surface area contributed by atoms with Crippen LogP contribution in [0.15, 0.2) is 30.6 Å². The molecular formula is C17H22N4O2. The van der Waals surface area contributed by atoms with Gasteiger partial charge in [-0.25, -0.2) is 4.98 Å². The lowest BCUT2D eigenvalue weighted by Gasteiger charge is -2.32. The van der Waals surface area contributed by atoms with E-state index in [-0.39, 0.29) is 5.91 Å². The Labute approximate surface area is 136 Å². The van der Waals surface area contributed by atoms with Crippen molar-refractivity contribution in [2.45, 2.75) is 25.2 Å². The fourth-order valence-electron chi connectivity index (χ4n) is 3.17. The number of nitrogens with zero attached hydrogens (tertiary/aromatic N) is 4. The van der Waals surface area contributed by atoms with Gasteiger partial charge in [-0.2, -0.15) is 5.10 Å². The molecule has 0 unspecified atom stereocenters. The fraction of sp³-hybridized carbons (Fsp3) is 0.471. The lowest BCUT2D eigenvalue weighted by molar-refractivity contribution is -0.131. The number of pyridine rings is 1. The zero-order valence-corrected chi connectivity index (χ0v) is 13.6. The standard InChI is InChI=1S/C17H22N4O2/c1-20-15(4-8-19-20)14-5-9-21(10-6-14)17(22)12-13-3-7-18-16(11-13)23-2/h3-4,7-8,11,14H,5-6,9-10,12H2,1-2H3. The van der Waals surface area contributed by atoms with Gasteiger partial charge in [-0.15, -0.1) is 0 Å². The van der Waals surface area contributed by atoms with Crippen LogP contribution in [0.4, 0.5) is 0 Å². The van der Waals surface area contributed by atoms with Crippen LogP contribution in [0.2, 0.25) is 0 Å². The summed E-state index contributed by atoms with van der Waals surface area (Å²) in [7, 11) is 3.56. The van der Waals surface area contributed by atoms with Crippen LogP contribution in [0.25, 0.3) is 0 Å². The van der Waals surface area contributed by atoms with E-state index in [1.54, 1.807) is 13.3 Å². The van der Waals surface area contributed by atoms with Crippen LogP contribution in [-0.2, 0) is 18.3 Å². The minimum Gasteiger partial charge on any atom is -0.481 e. The summed E-state index contributed by atoms with van der Waals surface area (Å²) >= 11 is 0. The van der Waals surface area contributed by atoms with E-state index in [2.05, 4.69) is 16.1 Å². The second-order valence-electron chi connectivity index (χ2n) is 5.92. The molecule has 6 heteroatoms. The predicted molar refractivity (Wildman–Crippen MR) is 86.3 cm³/mol. The molecule has 0 atom stereocenters. The lowest BCUT2D eigenvalue weighted by atomic mass is 9.93. The summed E-state index contributed by atoms with van der Waals surface area (Å²) in [5.41, 5.74) is 2.20. The number of aryl methyl sites for hydroxylation is 1. The highest BCUT2D eigenvalue weighted by Crippen LogP contribution is 2.27. The number of hydrogen-bond donors (Lipinski definition) is 0. The van der Waals surface area contributed by atoms with Crippen molar-refractivity contribution >= 4 is 5.91 Å². The minimum atomic E-state index is 0.168. The molecule has 1 amide bonds. The highest BCUT2D eigenvalue weighted by Gasteiger charge is 2.25.